The molecule has 3 rings (SSSR count). The van der Waals surface area contributed by atoms with E-state index in [0.29, 0.717) is 29.9 Å². The minimum atomic E-state index is -0.156. The zero-order chi connectivity index (χ0) is 15.7. The molecule has 2 heterocycles. The Morgan fingerprint density at radius 1 is 1.26 bits per heavy atom. The summed E-state index contributed by atoms with van der Waals surface area (Å²) in [6.45, 7) is 6.67. The Bertz CT molecular complexity index is 868. The van der Waals surface area contributed by atoms with Crippen molar-refractivity contribution in [1.29, 1.82) is 0 Å². The summed E-state index contributed by atoms with van der Waals surface area (Å²) in [4.78, 5) is 21.1. The highest BCUT2D eigenvalue weighted by Crippen LogP contribution is 2.16. The third-order valence-corrected chi connectivity index (χ3v) is 3.37. The second-order valence-corrected chi connectivity index (χ2v) is 5.70. The number of aromatic nitrogens is 4. The summed E-state index contributed by atoms with van der Waals surface area (Å²) < 4.78 is 1.37. The van der Waals surface area contributed by atoms with E-state index in [-0.39, 0.29) is 18.0 Å². The molecular weight excluding hydrogens is 314 g/mol. The highest BCUT2D eigenvalue weighted by molar-refractivity contribution is 5.85. The van der Waals surface area contributed by atoms with Crippen LogP contribution in [0.5, 0.6) is 0 Å². The molecule has 0 aliphatic heterocycles. The zero-order valence-corrected chi connectivity index (χ0v) is 14.1. The quantitative estimate of drug-likeness (QED) is 0.768. The van der Waals surface area contributed by atoms with Gasteiger partial charge in [0.15, 0.2) is 5.82 Å². The van der Waals surface area contributed by atoms with Gasteiger partial charge in [-0.3, -0.25) is 9.89 Å². The number of aryl methyl sites for hydroxylation is 1. The lowest BCUT2D eigenvalue weighted by atomic mass is 10.1. The number of aromatic amines is 1. The summed E-state index contributed by atoms with van der Waals surface area (Å²) in [6.07, 6.45) is 0. The Balaban J connectivity index is 0.00000192. The minimum Gasteiger partial charge on any atom is -0.309 e. The largest absolute Gasteiger partial charge is 0.309 e. The van der Waals surface area contributed by atoms with Crippen LogP contribution in [0.25, 0.3) is 17.2 Å². The van der Waals surface area contributed by atoms with Gasteiger partial charge in [0.1, 0.15) is 0 Å². The van der Waals surface area contributed by atoms with Gasteiger partial charge in [0.2, 0.25) is 0 Å². The third kappa shape index (κ3) is 3.78. The van der Waals surface area contributed by atoms with E-state index >= 15 is 0 Å². The number of nitrogens with one attached hydrogen (secondary N) is 2. The Morgan fingerprint density at radius 2 is 2.04 bits per heavy atom. The molecule has 0 fully saturated rings. The average molecular weight is 334 g/mol. The van der Waals surface area contributed by atoms with Crippen molar-refractivity contribution in [2.75, 3.05) is 0 Å². The summed E-state index contributed by atoms with van der Waals surface area (Å²) in [5.74, 6) is 1.03. The number of nitrogens with zero attached hydrogens (tertiary/aromatic N) is 3. The first-order valence-corrected chi connectivity index (χ1v) is 7.32. The lowest BCUT2D eigenvalue weighted by molar-refractivity contribution is 0.580. The van der Waals surface area contributed by atoms with Crippen molar-refractivity contribution in [2.24, 2.45) is 0 Å². The SMILES string of the molecule is Cc1cccc(-c2nc3nc(CNC(C)C)cc(=O)n3[nH]2)c1.Cl. The summed E-state index contributed by atoms with van der Waals surface area (Å²) in [6, 6.07) is 9.82. The monoisotopic (exact) mass is 333 g/mol. The molecule has 0 unspecified atom stereocenters. The van der Waals surface area contributed by atoms with Crippen molar-refractivity contribution in [3.63, 3.8) is 0 Å². The Labute approximate surface area is 140 Å². The van der Waals surface area contributed by atoms with Gasteiger partial charge >= 0.3 is 0 Å². The summed E-state index contributed by atoms with van der Waals surface area (Å²) in [7, 11) is 0. The first-order chi connectivity index (χ1) is 10.5. The zero-order valence-electron chi connectivity index (χ0n) is 13.3. The molecule has 0 bridgehead atoms. The molecule has 0 saturated carbocycles. The van der Waals surface area contributed by atoms with Gasteiger partial charge in [0, 0.05) is 24.2 Å². The van der Waals surface area contributed by atoms with Crippen LogP contribution in [0.2, 0.25) is 0 Å². The maximum Gasteiger partial charge on any atom is 0.274 e. The second-order valence-electron chi connectivity index (χ2n) is 5.70. The van der Waals surface area contributed by atoms with E-state index < -0.39 is 0 Å². The van der Waals surface area contributed by atoms with Crippen molar-refractivity contribution in [1.82, 2.24) is 24.9 Å². The van der Waals surface area contributed by atoms with Gasteiger partial charge in [-0.2, -0.15) is 9.50 Å². The molecule has 3 aromatic rings. The Hall–Kier alpha value is -2.18. The van der Waals surface area contributed by atoms with Crippen LogP contribution in [0, 0.1) is 6.92 Å². The van der Waals surface area contributed by atoms with E-state index in [0.717, 1.165) is 11.1 Å². The van der Waals surface area contributed by atoms with Gasteiger partial charge < -0.3 is 5.32 Å². The molecule has 0 amide bonds. The van der Waals surface area contributed by atoms with Crippen molar-refractivity contribution >= 4 is 18.2 Å². The van der Waals surface area contributed by atoms with Crippen LogP contribution in [0.15, 0.2) is 35.1 Å². The number of fused-ring (bicyclic) bond motifs is 1. The predicted octanol–water partition coefficient (Wildman–Crippen LogP) is 2.31. The van der Waals surface area contributed by atoms with E-state index in [1.165, 1.54) is 10.6 Å². The summed E-state index contributed by atoms with van der Waals surface area (Å²) >= 11 is 0. The fourth-order valence-electron chi connectivity index (χ4n) is 2.25. The predicted molar refractivity (Wildman–Crippen MR) is 93.0 cm³/mol. The molecule has 2 aromatic heterocycles. The van der Waals surface area contributed by atoms with Crippen LogP contribution in [-0.2, 0) is 6.54 Å². The molecule has 6 nitrogen and oxygen atoms in total. The fraction of sp³-hybridized carbons (Fsp3) is 0.312. The van der Waals surface area contributed by atoms with E-state index in [9.17, 15) is 4.79 Å². The van der Waals surface area contributed by atoms with Gasteiger partial charge in [0.05, 0.1) is 5.69 Å². The van der Waals surface area contributed by atoms with Gasteiger partial charge in [-0.15, -0.1) is 12.4 Å². The van der Waals surface area contributed by atoms with Gasteiger partial charge in [-0.25, -0.2) is 4.98 Å². The molecule has 0 spiro atoms. The highest BCUT2D eigenvalue weighted by atomic mass is 35.5. The number of hydrogen-bond acceptors (Lipinski definition) is 4. The van der Waals surface area contributed by atoms with Crippen LogP contribution >= 0.6 is 12.4 Å². The molecule has 0 saturated heterocycles. The van der Waals surface area contributed by atoms with Crippen molar-refractivity contribution in [2.45, 2.75) is 33.4 Å². The number of rotatable bonds is 4. The molecule has 7 heteroatoms. The first kappa shape index (κ1) is 17.2. The van der Waals surface area contributed by atoms with E-state index in [2.05, 4.69) is 34.2 Å². The lowest BCUT2D eigenvalue weighted by Crippen LogP contribution is -2.24. The molecule has 1 aromatic carbocycles. The third-order valence-electron chi connectivity index (χ3n) is 3.37. The number of halogens is 1. The number of benzene rings is 1. The van der Waals surface area contributed by atoms with Gasteiger partial charge in [0.25, 0.3) is 11.3 Å². The van der Waals surface area contributed by atoms with Gasteiger partial charge in [-0.05, 0) is 13.0 Å². The van der Waals surface area contributed by atoms with Crippen molar-refractivity contribution < 1.29 is 0 Å². The maximum absolute atomic E-state index is 12.2. The van der Waals surface area contributed by atoms with Crippen LogP contribution < -0.4 is 10.9 Å². The molecule has 0 aliphatic carbocycles. The van der Waals surface area contributed by atoms with Crippen LogP contribution in [0.1, 0.15) is 25.1 Å². The summed E-state index contributed by atoms with van der Waals surface area (Å²) in [5, 5.41) is 6.26. The van der Waals surface area contributed by atoms with Crippen LogP contribution in [-0.4, -0.2) is 25.6 Å². The lowest BCUT2D eigenvalue weighted by Gasteiger charge is -2.06. The van der Waals surface area contributed by atoms with Gasteiger partial charge in [-0.1, -0.05) is 37.6 Å². The molecule has 0 atom stereocenters. The first-order valence-electron chi connectivity index (χ1n) is 7.32. The van der Waals surface area contributed by atoms with Crippen molar-refractivity contribution in [3.8, 4) is 11.4 Å². The highest BCUT2D eigenvalue weighted by Gasteiger charge is 2.09. The van der Waals surface area contributed by atoms with E-state index in [4.69, 9.17) is 0 Å². The fourth-order valence-corrected chi connectivity index (χ4v) is 2.25. The molecule has 0 radical (unpaired) electrons. The van der Waals surface area contributed by atoms with Crippen molar-refractivity contribution in [3.05, 3.63) is 51.9 Å². The van der Waals surface area contributed by atoms with E-state index in [1.807, 2.05) is 31.2 Å². The molecule has 23 heavy (non-hydrogen) atoms. The Morgan fingerprint density at radius 3 is 2.74 bits per heavy atom. The maximum atomic E-state index is 12.2. The smallest absolute Gasteiger partial charge is 0.274 e. The average Bonchev–Trinajstić information content (AvgIpc) is 2.90. The normalized spacial score (nSPS) is 11.0. The second kappa shape index (κ2) is 6.93. The summed E-state index contributed by atoms with van der Waals surface area (Å²) in [5.41, 5.74) is 2.62. The topological polar surface area (TPSA) is 75.1 Å². The molecule has 0 aliphatic rings. The molecule has 2 N–H and O–H groups in total. The van der Waals surface area contributed by atoms with Crippen LogP contribution in [0.4, 0.5) is 0 Å². The number of hydrogen-bond donors (Lipinski definition) is 2. The number of H-pyrrole nitrogens is 1. The molecular formula is C16H20ClN5O. The van der Waals surface area contributed by atoms with Crippen LogP contribution in [0.3, 0.4) is 0 Å². The minimum absolute atomic E-state index is 0. The Kier molecular flexibility index (Phi) is 5.18. The molecule has 122 valence electrons. The standard InChI is InChI=1S/C16H19N5O.ClH/c1-10(2)17-9-13-8-14(22)21-16(18-13)19-15(20-21)12-6-4-5-11(3)7-12;/h4-8,10,17H,9H2,1-3H3,(H,18,19,20);1H. The van der Waals surface area contributed by atoms with E-state index in [1.54, 1.807) is 0 Å².